The van der Waals surface area contributed by atoms with Crippen LogP contribution in [0, 0.1) is 11.8 Å². The van der Waals surface area contributed by atoms with Crippen LogP contribution in [0.15, 0.2) is 34.5 Å². The Morgan fingerprint density at radius 3 is 2.67 bits per heavy atom. The van der Waals surface area contributed by atoms with E-state index in [0.717, 1.165) is 17.7 Å². The Morgan fingerprint density at radius 2 is 2.04 bits per heavy atom. The number of benzene rings is 1. The number of hydrogen-bond donors (Lipinski definition) is 2. The fraction of sp³-hybridized carbons (Fsp3) is 0.353. The summed E-state index contributed by atoms with van der Waals surface area (Å²) in [6.07, 6.45) is 2.95. The van der Waals surface area contributed by atoms with Gasteiger partial charge in [0.25, 0.3) is 0 Å². The van der Waals surface area contributed by atoms with E-state index in [0.29, 0.717) is 11.0 Å². The molecular formula is C17H19N3O2S2. The van der Waals surface area contributed by atoms with Gasteiger partial charge in [-0.3, -0.25) is 9.59 Å². The normalized spacial score (nSPS) is 18.9. The molecule has 5 nitrogen and oxygen atoms in total. The molecule has 7 heteroatoms. The van der Waals surface area contributed by atoms with E-state index in [1.165, 1.54) is 16.2 Å². The Labute approximate surface area is 149 Å². The van der Waals surface area contributed by atoms with Gasteiger partial charge < -0.3 is 10.6 Å². The first kappa shape index (κ1) is 17.0. The minimum Gasteiger partial charge on any atom is -0.347 e. The Hall–Kier alpha value is -1.86. The standard InChI is InChI=1S/C17H19N3O2S2/c1-10-7-13(10)16(22)18-8-15(21)20-17-19-14(9-24-17)11-3-5-12(23-2)6-4-11/h3-6,9-10,13H,7-8H2,1-2H3,(H,18,22)(H,19,20,21)/t10-,13-/m0/s1. The minimum atomic E-state index is -0.254. The van der Waals surface area contributed by atoms with Crippen LogP contribution in [0.4, 0.5) is 5.13 Å². The number of anilines is 1. The van der Waals surface area contributed by atoms with Crippen molar-refractivity contribution in [1.29, 1.82) is 0 Å². The third-order valence-corrected chi connectivity index (χ3v) is 5.51. The van der Waals surface area contributed by atoms with Gasteiger partial charge in [-0.05, 0) is 30.7 Å². The molecule has 2 N–H and O–H groups in total. The maximum absolute atomic E-state index is 11.9. The van der Waals surface area contributed by atoms with E-state index >= 15 is 0 Å². The van der Waals surface area contributed by atoms with Crippen molar-refractivity contribution in [2.45, 2.75) is 18.2 Å². The molecule has 0 spiro atoms. The maximum atomic E-state index is 11.9. The first-order valence-electron chi connectivity index (χ1n) is 7.74. The molecule has 1 heterocycles. The molecule has 1 aromatic heterocycles. The highest BCUT2D eigenvalue weighted by Gasteiger charge is 2.38. The number of rotatable bonds is 6. The van der Waals surface area contributed by atoms with Crippen LogP contribution in [0.5, 0.6) is 0 Å². The van der Waals surface area contributed by atoms with E-state index in [2.05, 4.69) is 15.6 Å². The van der Waals surface area contributed by atoms with E-state index < -0.39 is 0 Å². The monoisotopic (exact) mass is 361 g/mol. The van der Waals surface area contributed by atoms with Crippen LogP contribution in [-0.4, -0.2) is 29.6 Å². The summed E-state index contributed by atoms with van der Waals surface area (Å²) >= 11 is 3.07. The third kappa shape index (κ3) is 4.15. The van der Waals surface area contributed by atoms with Gasteiger partial charge in [0.05, 0.1) is 12.2 Å². The van der Waals surface area contributed by atoms with Crippen molar-refractivity contribution in [3.63, 3.8) is 0 Å². The van der Waals surface area contributed by atoms with Gasteiger partial charge in [-0.15, -0.1) is 23.1 Å². The van der Waals surface area contributed by atoms with Crippen molar-refractivity contribution in [3.8, 4) is 11.3 Å². The molecule has 126 valence electrons. The Bertz CT molecular complexity index is 743. The third-order valence-electron chi connectivity index (χ3n) is 4.01. The highest BCUT2D eigenvalue weighted by atomic mass is 32.2. The lowest BCUT2D eigenvalue weighted by molar-refractivity contribution is -0.125. The lowest BCUT2D eigenvalue weighted by atomic mass is 10.2. The van der Waals surface area contributed by atoms with Gasteiger partial charge in [0.15, 0.2) is 5.13 Å². The molecular weight excluding hydrogens is 342 g/mol. The predicted octanol–water partition coefficient (Wildman–Crippen LogP) is 3.24. The predicted molar refractivity (Wildman–Crippen MR) is 98.2 cm³/mol. The number of carbonyl (C=O) groups excluding carboxylic acids is 2. The van der Waals surface area contributed by atoms with Crippen LogP contribution in [0.2, 0.25) is 0 Å². The SMILES string of the molecule is CSc1ccc(-c2csc(NC(=O)CNC(=O)[C@H]3C[C@@H]3C)n2)cc1. The summed E-state index contributed by atoms with van der Waals surface area (Å²) in [4.78, 5) is 29.2. The van der Waals surface area contributed by atoms with Crippen molar-refractivity contribution < 1.29 is 9.59 Å². The highest BCUT2D eigenvalue weighted by molar-refractivity contribution is 7.98. The fourth-order valence-electron chi connectivity index (χ4n) is 2.37. The van der Waals surface area contributed by atoms with Crippen molar-refractivity contribution in [3.05, 3.63) is 29.6 Å². The van der Waals surface area contributed by atoms with Gasteiger partial charge in [-0.1, -0.05) is 19.1 Å². The van der Waals surface area contributed by atoms with E-state index in [1.54, 1.807) is 11.8 Å². The second-order valence-electron chi connectivity index (χ2n) is 5.85. The molecule has 1 aliphatic rings. The van der Waals surface area contributed by atoms with Gasteiger partial charge in [0, 0.05) is 21.8 Å². The molecule has 2 atom stereocenters. The van der Waals surface area contributed by atoms with Crippen molar-refractivity contribution in [1.82, 2.24) is 10.3 Å². The molecule has 1 aliphatic carbocycles. The summed E-state index contributed by atoms with van der Waals surface area (Å²) in [6, 6.07) is 8.13. The molecule has 0 unspecified atom stereocenters. The zero-order valence-electron chi connectivity index (χ0n) is 13.5. The molecule has 2 amide bonds. The van der Waals surface area contributed by atoms with Crippen LogP contribution in [-0.2, 0) is 9.59 Å². The van der Waals surface area contributed by atoms with Crippen LogP contribution in [0.1, 0.15) is 13.3 Å². The quantitative estimate of drug-likeness (QED) is 0.775. The smallest absolute Gasteiger partial charge is 0.245 e. The summed E-state index contributed by atoms with van der Waals surface area (Å²) in [7, 11) is 0. The second kappa shape index (κ2) is 7.36. The maximum Gasteiger partial charge on any atom is 0.245 e. The molecule has 0 bridgehead atoms. The molecule has 2 aromatic rings. The number of thioether (sulfide) groups is 1. The van der Waals surface area contributed by atoms with Gasteiger partial charge in [0.1, 0.15) is 0 Å². The zero-order valence-corrected chi connectivity index (χ0v) is 15.2. The zero-order chi connectivity index (χ0) is 17.1. The Kier molecular flexibility index (Phi) is 5.20. The molecule has 0 radical (unpaired) electrons. The van der Waals surface area contributed by atoms with Crippen molar-refractivity contribution in [2.75, 3.05) is 18.1 Å². The van der Waals surface area contributed by atoms with Crippen LogP contribution in [0.25, 0.3) is 11.3 Å². The molecule has 3 rings (SSSR count). The number of amides is 2. The van der Waals surface area contributed by atoms with Crippen LogP contribution < -0.4 is 10.6 Å². The number of nitrogens with one attached hydrogen (secondary N) is 2. The highest BCUT2D eigenvalue weighted by Crippen LogP contribution is 2.37. The number of nitrogens with zero attached hydrogens (tertiary/aromatic N) is 1. The molecule has 0 saturated heterocycles. The largest absolute Gasteiger partial charge is 0.347 e. The first-order chi connectivity index (χ1) is 11.6. The van der Waals surface area contributed by atoms with Gasteiger partial charge >= 0.3 is 0 Å². The molecule has 1 fully saturated rings. The Morgan fingerprint density at radius 1 is 1.33 bits per heavy atom. The number of carbonyl (C=O) groups is 2. The summed E-state index contributed by atoms with van der Waals surface area (Å²) in [6.45, 7) is 2.02. The van der Waals surface area contributed by atoms with Crippen LogP contribution >= 0.6 is 23.1 Å². The summed E-state index contributed by atoms with van der Waals surface area (Å²) in [5.41, 5.74) is 1.85. The van der Waals surface area contributed by atoms with Crippen LogP contribution in [0.3, 0.4) is 0 Å². The molecule has 1 aromatic carbocycles. The minimum absolute atomic E-state index is 0.0145. The lowest BCUT2D eigenvalue weighted by Gasteiger charge is -2.04. The van der Waals surface area contributed by atoms with Gasteiger partial charge in [-0.25, -0.2) is 4.98 Å². The second-order valence-corrected chi connectivity index (χ2v) is 7.59. The van der Waals surface area contributed by atoms with Gasteiger partial charge in [-0.2, -0.15) is 0 Å². The van der Waals surface area contributed by atoms with E-state index in [9.17, 15) is 9.59 Å². The van der Waals surface area contributed by atoms with Crippen molar-refractivity contribution >= 4 is 40.0 Å². The van der Waals surface area contributed by atoms with E-state index in [-0.39, 0.29) is 24.3 Å². The molecule has 1 saturated carbocycles. The number of hydrogen-bond acceptors (Lipinski definition) is 5. The summed E-state index contributed by atoms with van der Waals surface area (Å²) in [5, 5.41) is 7.85. The van der Waals surface area contributed by atoms with Gasteiger partial charge in [0.2, 0.25) is 11.8 Å². The Balaban J connectivity index is 1.53. The summed E-state index contributed by atoms with van der Waals surface area (Å²) < 4.78 is 0. The van der Waals surface area contributed by atoms with Crippen molar-refractivity contribution in [2.24, 2.45) is 11.8 Å². The fourth-order valence-corrected chi connectivity index (χ4v) is 3.52. The lowest BCUT2D eigenvalue weighted by Crippen LogP contribution is -2.34. The van der Waals surface area contributed by atoms with E-state index in [4.69, 9.17) is 0 Å². The average Bonchev–Trinajstić information content (AvgIpc) is 3.15. The summed E-state index contributed by atoms with van der Waals surface area (Å²) in [5.74, 6) is 0.224. The number of aromatic nitrogens is 1. The number of thiazole rings is 1. The first-order valence-corrected chi connectivity index (χ1v) is 9.85. The molecule has 24 heavy (non-hydrogen) atoms. The van der Waals surface area contributed by atoms with E-state index in [1.807, 2.05) is 42.8 Å². The average molecular weight is 361 g/mol. The topological polar surface area (TPSA) is 71.1 Å². The molecule has 0 aliphatic heterocycles.